The molecule has 168 valence electrons. The number of aliphatic hydroxyl groups is 1. The van der Waals surface area contributed by atoms with Gasteiger partial charge in [-0.25, -0.2) is 0 Å². The van der Waals surface area contributed by atoms with Crippen LogP contribution in [0.5, 0.6) is 5.75 Å². The highest BCUT2D eigenvalue weighted by molar-refractivity contribution is 14.0. The number of aliphatic imine (C=N–C) groups is 1. The average Bonchev–Trinajstić information content (AvgIpc) is 3.21. The summed E-state index contributed by atoms with van der Waals surface area (Å²) < 4.78 is 12.0. The molecule has 0 saturated heterocycles. The summed E-state index contributed by atoms with van der Waals surface area (Å²) >= 11 is 1.61. The van der Waals surface area contributed by atoms with Crippen molar-refractivity contribution in [1.29, 1.82) is 0 Å². The topological polar surface area (TPSA) is 75.1 Å². The van der Waals surface area contributed by atoms with Gasteiger partial charge in [-0.15, -0.1) is 35.3 Å². The van der Waals surface area contributed by atoms with Gasteiger partial charge in [-0.3, -0.25) is 4.99 Å². The van der Waals surface area contributed by atoms with E-state index in [1.165, 1.54) is 4.70 Å². The number of aliphatic hydroxyl groups excluding tert-OH is 1. The molecule has 8 heteroatoms. The van der Waals surface area contributed by atoms with Crippen LogP contribution < -0.4 is 15.4 Å². The van der Waals surface area contributed by atoms with Gasteiger partial charge in [0.15, 0.2) is 5.96 Å². The molecule has 0 spiro atoms. The maximum Gasteiger partial charge on any atom is 0.191 e. The molecule has 3 aromatic rings. The zero-order valence-electron chi connectivity index (χ0n) is 17.8. The summed E-state index contributed by atoms with van der Waals surface area (Å²) in [7, 11) is 3.41. The number of methoxy groups -OCH3 is 1. The number of hydrogen-bond acceptors (Lipinski definition) is 5. The second-order valence-electron chi connectivity index (χ2n) is 6.85. The standard InChI is InChI=1S/C23H29N3O3S.HI/c1-24-23(25-15-17-7-5-9-19(13-17)29-12-6-11-28-2)26-16-20(27)22-14-18-8-3-4-10-21(18)30-22;/h3-5,7-10,13-14,20,27H,6,11-12,15-16H2,1-2H3,(H2,24,25,26);1H. The lowest BCUT2D eigenvalue weighted by Crippen LogP contribution is -2.38. The molecule has 2 aromatic carbocycles. The third-order valence-corrected chi connectivity index (χ3v) is 5.80. The van der Waals surface area contributed by atoms with Crippen LogP contribution in [-0.2, 0) is 11.3 Å². The first-order chi connectivity index (χ1) is 14.7. The molecule has 0 fully saturated rings. The maximum absolute atomic E-state index is 10.5. The van der Waals surface area contributed by atoms with Gasteiger partial charge >= 0.3 is 0 Å². The Balaban J connectivity index is 0.00000341. The fraction of sp³-hybridized carbons (Fsp3) is 0.348. The van der Waals surface area contributed by atoms with Gasteiger partial charge in [0.05, 0.1) is 6.61 Å². The Morgan fingerprint density at radius 3 is 2.71 bits per heavy atom. The van der Waals surface area contributed by atoms with Gasteiger partial charge in [0.2, 0.25) is 0 Å². The molecule has 0 saturated carbocycles. The lowest BCUT2D eigenvalue weighted by molar-refractivity contribution is 0.172. The minimum absolute atomic E-state index is 0. The average molecular weight is 555 g/mol. The monoisotopic (exact) mass is 555 g/mol. The van der Waals surface area contributed by atoms with Crippen LogP contribution in [0.3, 0.4) is 0 Å². The summed E-state index contributed by atoms with van der Waals surface area (Å²) in [6.45, 7) is 2.31. The quantitative estimate of drug-likeness (QED) is 0.150. The van der Waals surface area contributed by atoms with Crippen molar-refractivity contribution in [1.82, 2.24) is 10.6 Å². The Hall–Kier alpha value is -1.88. The van der Waals surface area contributed by atoms with Gasteiger partial charge in [-0.05, 0) is 35.2 Å². The van der Waals surface area contributed by atoms with Crippen LogP contribution in [0, 0.1) is 0 Å². The fourth-order valence-corrected chi connectivity index (χ4v) is 4.06. The van der Waals surface area contributed by atoms with Crippen LogP contribution in [0.2, 0.25) is 0 Å². The van der Waals surface area contributed by atoms with E-state index in [1.54, 1.807) is 25.5 Å². The predicted molar refractivity (Wildman–Crippen MR) is 139 cm³/mol. The van der Waals surface area contributed by atoms with Crippen LogP contribution in [0.15, 0.2) is 59.6 Å². The van der Waals surface area contributed by atoms with E-state index in [0.717, 1.165) is 28.0 Å². The first-order valence-corrected chi connectivity index (χ1v) is 10.8. The van der Waals surface area contributed by atoms with Crippen LogP contribution in [0.1, 0.15) is 23.0 Å². The summed E-state index contributed by atoms with van der Waals surface area (Å²) in [6.07, 6.45) is 0.266. The maximum atomic E-state index is 10.5. The van der Waals surface area contributed by atoms with E-state index < -0.39 is 6.10 Å². The molecule has 3 N–H and O–H groups in total. The van der Waals surface area contributed by atoms with Crippen molar-refractivity contribution in [3.63, 3.8) is 0 Å². The molecular formula is C23H30IN3O3S. The van der Waals surface area contributed by atoms with Crippen LogP contribution >= 0.6 is 35.3 Å². The molecule has 1 aromatic heterocycles. The Labute approximate surface area is 204 Å². The molecule has 0 amide bonds. The van der Waals surface area contributed by atoms with Gasteiger partial charge in [0.1, 0.15) is 11.9 Å². The molecular weight excluding hydrogens is 525 g/mol. The Kier molecular flexibility index (Phi) is 11.1. The van der Waals surface area contributed by atoms with Crippen LogP contribution in [-0.4, -0.2) is 45.0 Å². The first-order valence-electron chi connectivity index (χ1n) is 10.0. The Morgan fingerprint density at radius 2 is 1.94 bits per heavy atom. The predicted octanol–water partition coefficient (Wildman–Crippen LogP) is 4.33. The number of thiophene rings is 1. The van der Waals surface area contributed by atoms with Gasteiger partial charge in [0.25, 0.3) is 0 Å². The van der Waals surface area contributed by atoms with E-state index in [0.29, 0.717) is 32.3 Å². The summed E-state index contributed by atoms with van der Waals surface area (Å²) in [6, 6.07) is 18.2. The summed E-state index contributed by atoms with van der Waals surface area (Å²) in [5.41, 5.74) is 1.09. The largest absolute Gasteiger partial charge is 0.493 e. The second-order valence-corrected chi connectivity index (χ2v) is 7.97. The van der Waals surface area contributed by atoms with E-state index >= 15 is 0 Å². The van der Waals surface area contributed by atoms with E-state index in [9.17, 15) is 5.11 Å². The van der Waals surface area contributed by atoms with Crippen LogP contribution in [0.25, 0.3) is 10.1 Å². The number of hydrogen-bond donors (Lipinski definition) is 3. The SMILES string of the molecule is CN=C(NCc1cccc(OCCCOC)c1)NCC(O)c1cc2ccccc2s1.I. The van der Waals surface area contributed by atoms with Crippen molar-refractivity contribution in [3.8, 4) is 5.75 Å². The highest BCUT2D eigenvalue weighted by Gasteiger charge is 2.12. The van der Waals surface area contributed by atoms with E-state index in [-0.39, 0.29) is 24.0 Å². The zero-order chi connectivity index (χ0) is 21.2. The van der Waals surface area contributed by atoms with Gasteiger partial charge < -0.3 is 25.2 Å². The normalized spacial score (nSPS) is 12.3. The fourth-order valence-electron chi connectivity index (χ4n) is 3.01. The molecule has 0 aliphatic heterocycles. The number of ether oxygens (including phenoxy) is 2. The van der Waals surface area contributed by atoms with Crippen LogP contribution in [0.4, 0.5) is 0 Å². The summed E-state index contributed by atoms with van der Waals surface area (Å²) in [5.74, 6) is 1.48. The third-order valence-electron chi connectivity index (χ3n) is 4.58. The van der Waals surface area contributed by atoms with Crippen molar-refractivity contribution in [3.05, 3.63) is 65.0 Å². The Morgan fingerprint density at radius 1 is 1.10 bits per heavy atom. The van der Waals surface area contributed by atoms with E-state index in [2.05, 4.69) is 27.8 Å². The first kappa shape index (κ1) is 25.4. The van der Waals surface area contributed by atoms with E-state index in [1.807, 2.05) is 42.5 Å². The van der Waals surface area contributed by atoms with Crippen molar-refractivity contribution >= 4 is 51.4 Å². The van der Waals surface area contributed by atoms with Gasteiger partial charge in [-0.2, -0.15) is 0 Å². The van der Waals surface area contributed by atoms with Gasteiger partial charge in [-0.1, -0.05) is 30.3 Å². The third kappa shape index (κ3) is 7.95. The minimum atomic E-state index is -0.593. The minimum Gasteiger partial charge on any atom is -0.493 e. The number of rotatable bonds is 10. The van der Waals surface area contributed by atoms with Crippen molar-refractivity contribution < 1.29 is 14.6 Å². The molecule has 0 radical (unpaired) electrons. The molecule has 0 bridgehead atoms. The highest BCUT2D eigenvalue weighted by atomic mass is 127. The molecule has 1 heterocycles. The summed E-state index contributed by atoms with van der Waals surface area (Å²) in [4.78, 5) is 5.19. The number of benzene rings is 2. The Bertz CT molecular complexity index is 931. The number of halogens is 1. The van der Waals surface area contributed by atoms with E-state index in [4.69, 9.17) is 9.47 Å². The molecule has 0 aliphatic carbocycles. The highest BCUT2D eigenvalue weighted by Crippen LogP contribution is 2.29. The number of guanidine groups is 1. The zero-order valence-corrected chi connectivity index (χ0v) is 21.0. The molecule has 3 rings (SSSR count). The lowest BCUT2D eigenvalue weighted by atomic mass is 10.2. The van der Waals surface area contributed by atoms with Gasteiger partial charge in [0, 0.05) is 49.9 Å². The van der Waals surface area contributed by atoms with Crippen molar-refractivity contribution in [2.45, 2.75) is 19.1 Å². The second kappa shape index (κ2) is 13.5. The lowest BCUT2D eigenvalue weighted by Gasteiger charge is -2.15. The summed E-state index contributed by atoms with van der Waals surface area (Å²) in [5, 5.41) is 18.2. The molecule has 0 aliphatic rings. The number of nitrogens with one attached hydrogen (secondary N) is 2. The molecule has 1 unspecified atom stereocenters. The van der Waals surface area contributed by atoms with Crippen molar-refractivity contribution in [2.75, 3.05) is 33.9 Å². The molecule has 31 heavy (non-hydrogen) atoms. The molecule has 6 nitrogen and oxygen atoms in total. The van der Waals surface area contributed by atoms with Crippen molar-refractivity contribution in [2.24, 2.45) is 4.99 Å². The molecule has 1 atom stereocenters. The number of nitrogens with zero attached hydrogens (tertiary/aromatic N) is 1. The number of fused-ring (bicyclic) bond motifs is 1. The smallest absolute Gasteiger partial charge is 0.191 e.